The van der Waals surface area contributed by atoms with E-state index in [0.29, 0.717) is 58.2 Å². The standard InChI is InChI=1S/C20H23N5O3S/c26-18(15-14-25-16-4-1-2-5-17(16)29-19(25)21-15)22-6-3-7-23(9-8-22)20(27)24-10-12-28-13-11-24/h1-2,4-5,14H,3,6-13H2. The van der Waals surface area contributed by atoms with E-state index in [1.54, 1.807) is 11.3 Å². The SMILES string of the molecule is O=C(c1cn2c(n1)sc1ccccc12)N1CCCN(C(=O)N2CCOCC2)CC1. The first-order valence-electron chi connectivity index (χ1n) is 9.98. The molecule has 0 N–H and O–H groups in total. The first kappa shape index (κ1) is 18.4. The van der Waals surface area contributed by atoms with E-state index in [0.717, 1.165) is 21.6 Å². The quantitative estimate of drug-likeness (QED) is 0.613. The number of nitrogens with zero attached hydrogens (tertiary/aromatic N) is 5. The van der Waals surface area contributed by atoms with Crippen molar-refractivity contribution >= 4 is 38.5 Å². The van der Waals surface area contributed by atoms with Gasteiger partial charge in [-0.25, -0.2) is 9.78 Å². The first-order chi connectivity index (χ1) is 14.2. The molecule has 2 aliphatic rings. The number of aromatic nitrogens is 2. The second kappa shape index (κ2) is 7.64. The molecule has 9 heteroatoms. The number of thiazole rings is 1. The van der Waals surface area contributed by atoms with E-state index in [2.05, 4.69) is 11.1 Å². The van der Waals surface area contributed by atoms with Crippen LogP contribution in [0, 0.1) is 0 Å². The van der Waals surface area contributed by atoms with Crippen LogP contribution < -0.4 is 0 Å². The van der Waals surface area contributed by atoms with E-state index in [1.807, 2.05) is 43.5 Å². The number of benzene rings is 1. The summed E-state index contributed by atoms with van der Waals surface area (Å²) in [6.45, 7) is 4.84. The third-order valence-corrected chi connectivity index (χ3v) is 6.59. The molecule has 2 aromatic heterocycles. The summed E-state index contributed by atoms with van der Waals surface area (Å²) in [7, 11) is 0. The highest BCUT2D eigenvalue weighted by molar-refractivity contribution is 7.23. The molecular formula is C20H23N5O3S. The van der Waals surface area contributed by atoms with Crippen LogP contribution >= 0.6 is 11.3 Å². The van der Waals surface area contributed by atoms with E-state index in [-0.39, 0.29) is 11.9 Å². The average molecular weight is 414 g/mol. The van der Waals surface area contributed by atoms with Crippen molar-refractivity contribution in [2.24, 2.45) is 0 Å². The van der Waals surface area contributed by atoms with Gasteiger partial charge in [-0.15, -0.1) is 0 Å². The van der Waals surface area contributed by atoms with E-state index in [9.17, 15) is 9.59 Å². The van der Waals surface area contributed by atoms with Crippen molar-refractivity contribution in [3.63, 3.8) is 0 Å². The van der Waals surface area contributed by atoms with Gasteiger partial charge in [-0.05, 0) is 18.6 Å². The summed E-state index contributed by atoms with van der Waals surface area (Å²) in [5.41, 5.74) is 1.53. The Kier molecular flexibility index (Phi) is 4.84. The zero-order valence-corrected chi connectivity index (χ0v) is 16.9. The molecule has 0 radical (unpaired) electrons. The molecule has 152 valence electrons. The lowest BCUT2D eigenvalue weighted by Crippen LogP contribution is -2.49. The molecule has 2 saturated heterocycles. The lowest BCUT2D eigenvalue weighted by Gasteiger charge is -2.32. The van der Waals surface area contributed by atoms with Gasteiger partial charge < -0.3 is 19.4 Å². The second-order valence-corrected chi connectivity index (χ2v) is 8.37. The number of urea groups is 1. The summed E-state index contributed by atoms with van der Waals surface area (Å²) in [4.78, 5) is 36.7. The Hall–Kier alpha value is -2.65. The molecule has 0 bridgehead atoms. The molecule has 1 aromatic carbocycles. The Morgan fingerprint density at radius 1 is 0.931 bits per heavy atom. The van der Waals surface area contributed by atoms with Gasteiger partial charge in [0.1, 0.15) is 5.69 Å². The zero-order valence-electron chi connectivity index (χ0n) is 16.1. The minimum absolute atomic E-state index is 0.0524. The number of rotatable bonds is 1. The fraction of sp³-hybridized carbons (Fsp3) is 0.450. The lowest BCUT2D eigenvalue weighted by atomic mass is 10.3. The van der Waals surface area contributed by atoms with Crippen LogP contribution in [0.15, 0.2) is 30.5 Å². The number of hydrogen-bond donors (Lipinski definition) is 0. The molecule has 5 rings (SSSR count). The Morgan fingerprint density at radius 3 is 2.52 bits per heavy atom. The number of carbonyl (C=O) groups is 2. The molecule has 2 aliphatic heterocycles. The number of ether oxygens (including phenoxy) is 1. The highest BCUT2D eigenvalue weighted by atomic mass is 32.1. The second-order valence-electron chi connectivity index (χ2n) is 7.36. The molecule has 3 aromatic rings. The number of amides is 3. The third kappa shape index (κ3) is 3.44. The monoisotopic (exact) mass is 413 g/mol. The maximum absolute atomic E-state index is 13.1. The first-order valence-corrected chi connectivity index (χ1v) is 10.8. The fourth-order valence-electron chi connectivity index (χ4n) is 3.98. The molecule has 0 aliphatic carbocycles. The van der Waals surface area contributed by atoms with Gasteiger partial charge in [0.05, 0.1) is 23.4 Å². The highest BCUT2D eigenvalue weighted by Gasteiger charge is 2.27. The Bertz CT molecular complexity index is 1050. The van der Waals surface area contributed by atoms with Crippen LogP contribution in [-0.4, -0.2) is 88.5 Å². The van der Waals surface area contributed by atoms with Crippen molar-refractivity contribution in [2.45, 2.75) is 6.42 Å². The summed E-state index contributed by atoms with van der Waals surface area (Å²) < 4.78 is 8.47. The van der Waals surface area contributed by atoms with Gasteiger partial charge in [-0.3, -0.25) is 9.20 Å². The van der Waals surface area contributed by atoms with E-state index >= 15 is 0 Å². The van der Waals surface area contributed by atoms with Gasteiger partial charge >= 0.3 is 6.03 Å². The van der Waals surface area contributed by atoms with Gasteiger partial charge in [-0.1, -0.05) is 23.5 Å². The largest absolute Gasteiger partial charge is 0.378 e. The van der Waals surface area contributed by atoms with Crippen LogP contribution in [0.25, 0.3) is 15.2 Å². The normalized spacial score (nSPS) is 18.4. The number of fused-ring (bicyclic) bond motifs is 3. The summed E-state index contributed by atoms with van der Waals surface area (Å²) in [6, 6.07) is 8.15. The Labute approximate surface area is 172 Å². The predicted molar refractivity (Wildman–Crippen MR) is 110 cm³/mol. The van der Waals surface area contributed by atoms with Crippen LogP contribution in [0.3, 0.4) is 0 Å². The molecular weight excluding hydrogens is 390 g/mol. The van der Waals surface area contributed by atoms with Crippen molar-refractivity contribution in [3.05, 3.63) is 36.2 Å². The number of carbonyl (C=O) groups excluding carboxylic acids is 2. The number of morpholine rings is 1. The van der Waals surface area contributed by atoms with Crippen LogP contribution in [0.4, 0.5) is 4.79 Å². The molecule has 0 saturated carbocycles. The number of imidazole rings is 1. The molecule has 0 atom stereocenters. The highest BCUT2D eigenvalue weighted by Crippen LogP contribution is 2.26. The average Bonchev–Trinajstić information content (AvgIpc) is 3.22. The molecule has 29 heavy (non-hydrogen) atoms. The van der Waals surface area contributed by atoms with Gasteiger partial charge in [0, 0.05) is 45.5 Å². The topological polar surface area (TPSA) is 70.4 Å². The van der Waals surface area contributed by atoms with E-state index in [1.165, 1.54) is 0 Å². The van der Waals surface area contributed by atoms with Crippen LogP contribution in [0.1, 0.15) is 16.9 Å². The fourth-order valence-corrected chi connectivity index (χ4v) is 4.99. The minimum atomic E-state index is -0.0642. The van der Waals surface area contributed by atoms with Crippen molar-refractivity contribution < 1.29 is 14.3 Å². The van der Waals surface area contributed by atoms with E-state index in [4.69, 9.17) is 4.74 Å². The van der Waals surface area contributed by atoms with Gasteiger partial charge in [0.2, 0.25) is 0 Å². The molecule has 3 amide bonds. The summed E-state index contributed by atoms with van der Waals surface area (Å²) >= 11 is 1.58. The Balaban J connectivity index is 1.29. The maximum atomic E-state index is 13.1. The molecule has 0 spiro atoms. The third-order valence-electron chi connectivity index (χ3n) is 5.55. The van der Waals surface area contributed by atoms with Crippen molar-refractivity contribution in [1.82, 2.24) is 24.1 Å². The minimum Gasteiger partial charge on any atom is -0.378 e. The lowest BCUT2D eigenvalue weighted by molar-refractivity contribution is 0.0435. The maximum Gasteiger partial charge on any atom is 0.320 e. The molecule has 2 fully saturated rings. The van der Waals surface area contributed by atoms with Crippen LogP contribution in [0.5, 0.6) is 0 Å². The van der Waals surface area contributed by atoms with Crippen LogP contribution in [-0.2, 0) is 4.74 Å². The van der Waals surface area contributed by atoms with Crippen molar-refractivity contribution in [1.29, 1.82) is 0 Å². The summed E-state index contributed by atoms with van der Waals surface area (Å²) in [5, 5.41) is 0. The van der Waals surface area contributed by atoms with Crippen molar-refractivity contribution in [2.75, 3.05) is 52.5 Å². The van der Waals surface area contributed by atoms with E-state index < -0.39 is 0 Å². The van der Waals surface area contributed by atoms with Gasteiger partial charge in [0.15, 0.2) is 4.96 Å². The summed E-state index contributed by atoms with van der Waals surface area (Å²) in [5.74, 6) is -0.0642. The van der Waals surface area contributed by atoms with Gasteiger partial charge in [0.25, 0.3) is 5.91 Å². The molecule has 8 nitrogen and oxygen atoms in total. The zero-order chi connectivity index (χ0) is 19.8. The molecule has 0 unspecified atom stereocenters. The predicted octanol–water partition coefficient (Wildman–Crippen LogP) is 2.15. The summed E-state index contributed by atoms with van der Waals surface area (Å²) in [6.07, 6.45) is 2.60. The van der Waals surface area contributed by atoms with Crippen LogP contribution in [0.2, 0.25) is 0 Å². The number of para-hydroxylation sites is 1. The Morgan fingerprint density at radius 2 is 1.66 bits per heavy atom. The van der Waals surface area contributed by atoms with Gasteiger partial charge in [-0.2, -0.15) is 0 Å². The molecule has 4 heterocycles. The smallest absolute Gasteiger partial charge is 0.320 e. The van der Waals surface area contributed by atoms with Crippen molar-refractivity contribution in [3.8, 4) is 0 Å². The number of hydrogen-bond acceptors (Lipinski definition) is 5.